The third kappa shape index (κ3) is 2.01. The Hall–Kier alpha value is -1.88. The second-order valence-electron chi connectivity index (χ2n) is 4.12. The van der Waals surface area contributed by atoms with E-state index in [1.54, 1.807) is 12.7 Å². The summed E-state index contributed by atoms with van der Waals surface area (Å²) in [6, 6.07) is 10.5. The zero-order valence-electron chi connectivity index (χ0n) is 9.53. The molecule has 5 heteroatoms. The molecule has 1 atom stereocenters. The van der Waals surface area contributed by atoms with Crippen LogP contribution in [-0.4, -0.2) is 34.4 Å². The largest absolute Gasteiger partial charge is 0.348 e. The molecule has 0 bridgehead atoms. The molecular weight excluding hydrogens is 214 g/mol. The van der Waals surface area contributed by atoms with E-state index in [9.17, 15) is 0 Å². The van der Waals surface area contributed by atoms with E-state index in [1.165, 1.54) is 5.69 Å². The highest BCUT2D eigenvalue weighted by atomic mass is 15.4. The van der Waals surface area contributed by atoms with Crippen LogP contribution < -0.4 is 10.2 Å². The van der Waals surface area contributed by atoms with Gasteiger partial charge in [0.15, 0.2) is 0 Å². The fraction of sp³-hybridized carbons (Fsp3) is 0.333. The molecule has 1 aliphatic rings. The van der Waals surface area contributed by atoms with Crippen molar-refractivity contribution in [3.63, 3.8) is 0 Å². The summed E-state index contributed by atoms with van der Waals surface area (Å²) < 4.78 is 2.04. The maximum atomic E-state index is 3.88. The molecule has 0 aliphatic carbocycles. The minimum absolute atomic E-state index is 0.251. The van der Waals surface area contributed by atoms with Crippen LogP contribution in [0.5, 0.6) is 0 Å². The number of hydrogen-bond donors (Lipinski definition) is 1. The topological polar surface area (TPSA) is 46.0 Å². The van der Waals surface area contributed by atoms with E-state index in [0.717, 1.165) is 19.6 Å². The zero-order valence-corrected chi connectivity index (χ0v) is 9.53. The van der Waals surface area contributed by atoms with Gasteiger partial charge in [0.2, 0.25) is 0 Å². The molecule has 2 heterocycles. The number of rotatable bonds is 2. The van der Waals surface area contributed by atoms with Gasteiger partial charge in [-0.05, 0) is 12.1 Å². The Morgan fingerprint density at radius 1 is 1.12 bits per heavy atom. The molecule has 1 N–H and O–H groups in total. The van der Waals surface area contributed by atoms with Crippen molar-refractivity contribution >= 4 is 5.69 Å². The first kappa shape index (κ1) is 10.3. The summed E-state index contributed by atoms with van der Waals surface area (Å²) in [6.45, 7) is 2.91. The maximum Gasteiger partial charge on any atom is 0.121 e. The summed E-state index contributed by atoms with van der Waals surface area (Å²) >= 11 is 0. The molecule has 1 unspecified atom stereocenters. The second kappa shape index (κ2) is 4.55. The molecule has 5 nitrogen and oxygen atoms in total. The molecule has 1 aromatic heterocycles. The fourth-order valence-electron chi connectivity index (χ4n) is 2.24. The molecule has 1 aromatic carbocycles. The quantitative estimate of drug-likeness (QED) is 0.830. The molecule has 1 aliphatic heterocycles. The third-order valence-corrected chi connectivity index (χ3v) is 3.08. The van der Waals surface area contributed by atoms with Gasteiger partial charge in [0.1, 0.15) is 18.8 Å². The van der Waals surface area contributed by atoms with Gasteiger partial charge < -0.3 is 10.2 Å². The number of para-hydroxylation sites is 1. The highest BCUT2D eigenvalue weighted by molar-refractivity contribution is 5.47. The SMILES string of the molecule is c1ccc(N2CCNCC2n2cnnc2)cc1. The highest BCUT2D eigenvalue weighted by Gasteiger charge is 2.23. The van der Waals surface area contributed by atoms with Gasteiger partial charge >= 0.3 is 0 Å². The van der Waals surface area contributed by atoms with Crippen molar-refractivity contribution in [2.24, 2.45) is 0 Å². The van der Waals surface area contributed by atoms with Crippen LogP contribution in [0.15, 0.2) is 43.0 Å². The van der Waals surface area contributed by atoms with Gasteiger partial charge in [0, 0.05) is 25.3 Å². The lowest BCUT2D eigenvalue weighted by Gasteiger charge is -2.38. The smallest absolute Gasteiger partial charge is 0.121 e. The average Bonchev–Trinajstić information content (AvgIpc) is 2.94. The number of hydrogen-bond acceptors (Lipinski definition) is 4. The first-order valence-corrected chi connectivity index (χ1v) is 5.82. The summed E-state index contributed by atoms with van der Waals surface area (Å²) in [7, 11) is 0. The van der Waals surface area contributed by atoms with E-state index in [2.05, 4.69) is 44.7 Å². The summed E-state index contributed by atoms with van der Waals surface area (Å²) in [5, 5.41) is 11.2. The van der Waals surface area contributed by atoms with E-state index in [1.807, 2.05) is 10.6 Å². The summed E-state index contributed by atoms with van der Waals surface area (Å²) in [5.41, 5.74) is 1.24. The number of piperazine rings is 1. The highest BCUT2D eigenvalue weighted by Crippen LogP contribution is 2.23. The van der Waals surface area contributed by atoms with Gasteiger partial charge in [-0.25, -0.2) is 0 Å². The van der Waals surface area contributed by atoms with Crippen LogP contribution in [-0.2, 0) is 0 Å². The van der Waals surface area contributed by atoms with Crippen LogP contribution >= 0.6 is 0 Å². The van der Waals surface area contributed by atoms with Gasteiger partial charge in [-0.2, -0.15) is 0 Å². The molecule has 0 saturated carbocycles. The van der Waals surface area contributed by atoms with Crippen LogP contribution in [0.3, 0.4) is 0 Å². The Morgan fingerprint density at radius 3 is 2.65 bits per heavy atom. The lowest BCUT2D eigenvalue weighted by atomic mass is 10.2. The van der Waals surface area contributed by atoms with Crippen molar-refractivity contribution in [1.29, 1.82) is 0 Å². The Balaban J connectivity index is 1.91. The van der Waals surface area contributed by atoms with E-state index in [-0.39, 0.29) is 6.17 Å². The minimum atomic E-state index is 0.251. The Kier molecular flexibility index (Phi) is 2.75. The van der Waals surface area contributed by atoms with Crippen LogP contribution in [0.25, 0.3) is 0 Å². The Bertz CT molecular complexity index is 453. The predicted octanol–water partition coefficient (Wildman–Crippen LogP) is 0.886. The van der Waals surface area contributed by atoms with E-state index in [4.69, 9.17) is 0 Å². The lowest BCUT2D eigenvalue weighted by Crippen LogP contribution is -2.48. The molecule has 3 rings (SSSR count). The number of benzene rings is 1. The van der Waals surface area contributed by atoms with E-state index in [0.29, 0.717) is 0 Å². The minimum Gasteiger partial charge on any atom is -0.348 e. The van der Waals surface area contributed by atoms with Crippen molar-refractivity contribution in [2.45, 2.75) is 6.17 Å². The van der Waals surface area contributed by atoms with Crippen molar-refractivity contribution < 1.29 is 0 Å². The van der Waals surface area contributed by atoms with Crippen molar-refractivity contribution in [3.05, 3.63) is 43.0 Å². The predicted molar refractivity (Wildman–Crippen MR) is 65.7 cm³/mol. The molecule has 0 spiro atoms. The van der Waals surface area contributed by atoms with Crippen molar-refractivity contribution in [3.8, 4) is 0 Å². The van der Waals surface area contributed by atoms with E-state index < -0.39 is 0 Å². The molecular formula is C12H15N5. The molecule has 1 fully saturated rings. The number of nitrogens with one attached hydrogen (secondary N) is 1. The van der Waals surface area contributed by atoms with Crippen molar-refractivity contribution in [2.75, 3.05) is 24.5 Å². The average molecular weight is 229 g/mol. The van der Waals surface area contributed by atoms with Crippen LogP contribution in [0.4, 0.5) is 5.69 Å². The summed E-state index contributed by atoms with van der Waals surface area (Å²) in [5.74, 6) is 0. The van der Waals surface area contributed by atoms with Gasteiger partial charge in [-0.3, -0.25) is 4.57 Å². The first-order valence-electron chi connectivity index (χ1n) is 5.82. The van der Waals surface area contributed by atoms with Crippen LogP contribution in [0, 0.1) is 0 Å². The number of anilines is 1. The molecule has 0 amide bonds. The second-order valence-corrected chi connectivity index (χ2v) is 4.12. The zero-order chi connectivity index (χ0) is 11.5. The fourth-order valence-corrected chi connectivity index (χ4v) is 2.24. The monoisotopic (exact) mass is 229 g/mol. The number of aromatic nitrogens is 3. The summed E-state index contributed by atoms with van der Waals surface area (Å²) in [6.07, 6.45) is 3.79. The van der Waals surface area contributed by atoms with Gasteiger partial charge in [-0.1, -0.05) is 18.2 Å². The lowest BCUT2D eigenvalue weighted by molar-refractivity contribution is 0.392. The van der Waals surface area contributed by atoms with Gasteiger partial charge in [0.25, 0.3) is 0 Å². The Morgan fingerprint density at radius 2 is 1.88 bits per heavy atom. The first-order chi connectivity index (χ1) is 8.45. The normalized spacial score (nSPS) is 20.5. The number of nitrogens with zero attached hydrogens (tertiary/aromatic N) is 4. The Labute approximate surface area is 100 Å². The molecule has 2 aromatic rings. The van der Waals surface area contributed by atoms with E-state index >= 15 is 0 Å². The van der Waals surface area contributed by atoms with Crippen molar-refractivity contribution in [1.82, 2.24) is 20.1 Å². The van der Waals surface area contributed by atoms with Crippen LogP contribution in [0.2, 0.25) is 0 Å². The molecule has 88 valence electrons. The third-order valence-electron chi connectivity index (χ3n) is 3.08. The van der Waals surface area contributed by atoms with Gasteiger partial charge in [-0.15, -0.1) is 10.2 Å². The van der Waals surface area contributed by atoms with Gasteiger partial charge in [0.05, 0.1) is 0 Å². The van der Waals surface area contributed by atoms with Crippen LogP contribution in [0.1, 0.15) is 6.17 Å². The maximum absolute atomic E-state index is 3.88. The standard InChI is InChI=1S/C12H15N5/c1-2-4-11(5-3-1)17-7-6-13-8-12(17)16-9-14-15-10-16/h1-5,9-10,12-13H,6-8H2. The molecule has 0 radical (unpaired) electrons. The molecule has 17 heavy (non-hydrogen) atoms. The molecule has 1 saturated heterocycles. The summed E-state index contributed by atoms with van der Waals surface area (Å²) in [4.78, 5) is 2.37.